The normalized spacial score (nSPS) is 21.8. The summed E-state index contributed by atoms with van der Waals surface area (Å²) in [5.74, 6) is 3.05. The molecule has 1 aliphatic carbocycles. The Morgan fingerprint density at radius 2 is 1.70 bits per heavy atom. The molecule has 2 aliphatic heterocycles. The summed E-state index contributed by atoms with van der Waals surface area (Å²) in [6.07, 6.45) is 2.85. The van der Waals surface area contributed by atoms with Gasteiger partial charge in [0.1, 0.15) is 42.4 Å². The summed E-state index contributed by atoms with van der Waals surface area (Å²) in [6, 6.07) is 8.35. The predicted octanol–water partition coefficient (Wildman–Crippen LogP) is 8.87. The van der Waals surface area contributed by atoms with Crippen molar-refractivity contribution in [2.45, 2.75) is 109 Å². The van der Waals surface area contributed by atoms with Gasteiger partial charge in [0.2, 0.25) is 20.9 Å². The Kier molecular flexibility index (Phi) is 8.74. The predicted molar refractivity (Wildman–Crippen MR) is 198 cm³/mol. The van der Waals surface area contributed by atoms with E-state index in [1.54, 1.807) is 18.2 Å². The minimum absolute atomic E-state index is 0.0782. The molecule has 7 nitrogen and oxygen atoms in total. The van der Waals surface area contributed by atoms with Crippen LogP contribution in [0.2, 0.25) is 16.6 Å². The van der Waals surface area contributed by atoms with Crippen LogP contribution in [-0.2, 0) is 9.84 Å². The Hall–Kier alpha value is -3.62. The Morgan fingerprint density at radius 3 is 2.38 bits per heavy atom. The topological polar surface area (TPSA) is 85.3 Å². The highest BCUT2D eigenvalue weighted by molar-refractivity contribution is 7.91. The summed E-state index contributed by atoms with van der Waals surface area (Å²) >= 11 is 0. The molecule has 0 radical (unpaired) electrons. The fourth-order valence-corrected chi connectivity index (χ4v) is 15.4. The number of nitrogens with zero attached hydrogens (tertiary/aromatic N) is 4. The second-order valence-electron chi connectivity index (χ2n) is 15.4. The number of fused-ring (bicyclic) bond motifs is 6. The highest BCUT2D eigenvalue weighted by atomic mass is 32.2. The van der Waals surface area contributed by atoms with Crippen molar-refractivity contribution < 1.29 is 21.9 Å². The highest BCUT2D eigenvalue weighted by Gasteiger charge is 2.47. The maximum Gasteiger partial charge on any atom is 0.249 e. The number of aromatic nitrogens is 3. The van der Waals surface area contributed by atoms with Gasteiger partial charge in [0, 0.05) is 17.5 Å². The molecular formula is C39H46F2N4O3SSi. The lowest BCUT2D eigenvalue weighted by Gasteiger charge is -2.42. The van der Waals surface area contributed by atoms with Crippen molar-refractivity contribution in [3.05, 3.63) is 47.5 Å². The van der Waals surface area contributed by atoms with E-state index in [0.29, 0.717) is 57.2 Å². The monoisotopic (exact) mass is 716 g/mol. The zero-order valence-corrected chi connectivity index (χ0v) is 32.0. The Morgan fingerprint density at radius 1 is 0.980 bits per heavy atom. The number of anilines is 1. The van der Waals surface area contributed by atoms with Gasteiger partial charge in [0.25, 0.3) is 0 Å². The van der Waals surface area contributed by atoms with Crippen LogP contribution in [-0.4, -0.2) is 55.9 Å². The van der Waals surface area contributed by atoms with Gasteiger partial charge in [0.15, 0.2) is 5.82 Å². The average molecular weight is 717 g/mol. The first-order valence-corrected chi connectivity index (χ1v) is 21.9. The molecule has 50 heavy (non-hydrogen) atoms. The van der Waals surface area contributed by atoms with Crippen molar-refractivity contribution in [3.8, 4) is 28.6 Å². The summed E-state index contributed by atoms with van der Waals surface area (Å²) in [7, 11) is -6.17. The van der Waals surface area contributed by atoms with Gasteiger partial charge in [-0.1, -0.05) is 78.7 Å². The molecular weight excluding hydrogens is 671 g/mol. The first-order chi connectivity index (χ1) is 23.7. The van der Waals surface area contributed by atoms with E-state index >= 15 is 8.78 Å². The third-order valence-corrected chi connectivity index (χ3v) is 19.6. The first-order valence-electron chi connectivity index (χ1n) is 18.0. The van der Waals surface area contributed by atoms with Crippen molar-refractivity contribution in [1.29, 1.82) is 0 Å². The maximum absolute atomic E-state index is 17.3. The van der Waals surface area contributed by atoms with Gasteiger partial charge in [-0.2, -0.15) is 0 Å². The Bertz CT molecular complexity index is 2180. The van der Waals surface area contributed by atoms with E-state index < -0.39 is 34.7 Å². The van der Waals surface area contributed by atoms with Crippen LogP contribution in [0.15, 0.2) is 35.5 Å². The second-order valence-corrected chi connectivity index (χ2v) is 23.2. The van der Waals surface area contributed by atoms with Gasteiger partial charge in [-0.15, -0.1) is 5.54 Å². The molecule has 0 amide bonds. The molecule has 2 fully saturated rings. The van der Waals surface area contributed by atoms with Gasteiger partial charge in [-0.3, -0.25) is 0 Å². The van der Waals surface area contributed by atoms with Gasteiger partial charge in [-0.05, 0) is 66.1 Å². The molecule has 2 aromatic heterocycles. The molecule has 3 aliphatic rings. The van der Waals surface area contributed by atoms with Gasteiger partial charge in [-0.25, -0.2) is 32.2 Å². The number of sulfone groups is 1. The van der Waals surface area contributed by atoms with Gasteiger partial charge < -0.3 is 9.64 Å². The second kappa shape index (κ2) is 12.6. The standard InChI is InChI=1S/C39H46F2N4O3SSi/c1-9-49(46,47)39-43-35-32-37(44-39)45-20-25-13-14-27(19-25)36(45)24(8)48-38(32)42-34(33(35)41)29-12-10-11-26-15-16-30(40)28(31(26)29)17-18-50(21(2)3,22(4)5)23(6)7/h10-12,15-16,21-25,27,36H,9,13-14,19-20H2,1-8H3/t24-,25-,27+,36+/m0/s1. The van der Waals surface area contributed by atoms with E-state index in [1.807, 2.05) is 13.0 Å². The zero-order valence-electron chi connectivity index (χ0n) is 30.1. The number of ether oxygens (including phenoxy) is 1. The fourth-order valence-electron chi connectivity index (χ4n) is 9.47. The summed E-state index contributed by atoms with van der Waals surface area (Å²) in [6.45, 7) is 17.4. The molecule has 0 spiro atoms. The Balaban J connectivity index is 1.53. The van der Waals surface area contributed by atoms with E-state index in [9.17, 15) is 8.42 Å². The minimum Gasteiger partial charge on any atom is -0.472 e. The molecule has 0 N–H and O–H groups in total. The van der Waals surface area contributed by atoms with Crippen molar-refractivity contribution >= 4 is 45.4 Å². The number of halogens is 2. The lowest BCUT2D eigenvalue weighted by molar-refractivity contribution is 0.139. The SMILES string of the molecule is CCS(=O)(=O)c1nc2c3c(nc(-c4cccc5ccc(F)c(C#C[Si](C(C)C)(C(C)C)C(C)C)c45)c(F)c3n1)O[C@@H](C)[C@@H]1[C@@H]3CC[C@@H](C3)CN21. The molecule has 4 atom stereocenters. The molecule has 2 bridgehead atoms. The van der Waals surface area contributed by atoms with Crippen LogP contribution in [0.25, 0.3) is 32.9 Å². The van der Waals surface area contributed by atoms with Gasteiger partial charge in [0.05, 0.1) is 17.4 Å². The molecule has 11 heteroatoms. The van der Waals surface area contributed by atoms with Crippen LogP contribution in [0.5, 0.6) is 5.88 Å². The highest BCUT2D eigenvalue weighted by Crippen LogP contribution is 2.49. The van der Waals surface area contributed by atoms with E-state index in [0.717, 1.165) is 19.3 Å². The lowest BCUT2D eigenvalue weighted by atomic mass is 9.87. The van der Waals surface area contributed by atoms with E-state index in [2.05, 4.69) is 67.9 Å². The largest absolute Gasteiger partial charge is 0.472 e. The van der Waals surface area contributed by atoms with Crippen LogP contribution in [0.3, 0.4) is 0 Å². The van der Waals surface area contributed by atoms with Crippen molar-refractivity contribution in [1.82, 2.24) is 15.0 Å². The molecule has 0 unspecified atom stereocenters. The minimum atomic E-state index is -3.91. The third kappa shape index (κ3) is 5.31. The molecule has 1 saturated carbocycles. The number of piperidine rings is 1. The van der Waals surface area contributed by atoms with Crippen molar-refractivity contribution in [3.63, 3.8) is 0 Å². The van der Waals surface area contributed by atoms with E-state index in [-0.39, 0.29) is 45.9 Å². The number of hydrogen-bond donors (Lipinski definition) is 0. The Labute approximate surface area is 295 Å². The molecule has 7 rings (SSSR count). The smallest absolute Gasteiger partial charge is 0.249 e. The quantitative estimate of drug-likeness (QED) is 0.112. The summed E-state index contributed by atoms with van der Waals surface area (Å²) in [5.41, 5.74) is 4.92. The molecule has 1 saturated heterocycles. The van der Waals surface area contributed by atoms with E-state index in [4.69, 9.17) is 9.72 Å². The van der Waals surface area contributed by atoms with Crippen molar-refractivity contribution in [2.24, 2.45) is 11.8 Å². The number of rotatable bonds is 6. The summed E-state index contributed by atoms with van der Waals surface area (Å²) in [4.78, 5) is 16.0. The van der Waals surface area contributed by atoms with Crippen molar-refractivity contribution in [2.75, 3.05) is 17.2 Å². The first kappa shape index (κ1) is 34.8. The third-order valence-electron chi connectivity index (χ3n) is 11.8. The average Bonchev–Trinajstić information content (AvgIpc) is 3.39. The molecule has 4 aromatic rings. The maximum atomic E-state index is 17.3. The van der Waals surface area contributed by atoms with Crippen LogP contribution >= 0.6 is 0 Å². The van der Waals surface area contributed by atoms with Crippen LogP contribution in [0, 0.1) is 34.9 Å². The molecule has 264 valence electrons. The zero-order chi connectivity index (χ0) is 35.9. The van der Waals surface area contributed by atoms with E-state index in [1.165, 1.54) is 13.0 Å². The van der Waals surface area contributed by atoms with Crippen LogP contribution in [0.1, 0.15) is 80.2 Å². The lowest BCUT2D eigenvalue weighted by Crippen LogP contribution is -2.52. The molecule has 2 aromatic carbocycles. The van der Waals surface area contributed by atoms with Crippen LogP contribution < -0.4 is 9.64 Å². The number of benzene rings is 2. The number of pyridine rings is 1. The number of hydrogen-bond acceptors (Lipinski definition) is 7. The summed E-state index contributed by atoms with van der Waals surface area (Å²) < 4.78 is 66.5. The van der Waals surface area contributed by atoms with Crippen LogP contribution in [0.4, 0.5) is 14.6 Å². The molecule has 4 heterocycles. The van der Waals surface area contributed by atoms with Gasteiger partial charge >= 0.3 is 0 Å². The summed E-state index contributed by atoms with van der Waals surface area (Å²) in [5, 5.41) is 0.990. The fraction of sp³-hybridized carbons (Fsp3) is 0.513.